The number of pyridine rings is 1. The molecular formula is C20H27N3O. The van der Waals surface area contributed by atoms with Crippen molar-refractivity contribution in [2.24, 2.45) is 0 Å². The molecule has 4 nitrogen and oxygen atoms in total. The zero-order valence-corrected chi connectivity index (χ0v) is 14.7. The Bertz CT molecular complexity index is 611. The van der Waals surface area contributed by atoms with Crippen molar-refractivity contribution in [2.75, 3.05) is 18.0 Å². The Balaban J connectivity index is 1.95. The zero-order chi connectivity index (χ0) is 17.2. The normalized spacial score (nSPS) is 10.4. The van der Waals surface area contributed by atoms with E-state index in [1.807, 2.05) is 24.3 Å². The summed E-state index contributed by atoms with van der Waals surface area (Å²) < 4.78 is 0. The Morgan fingerprint density at radius 3 is 2.50 bits per heavy atom. The molecule has 0 saturated carbocycles. The molecule has 24 heavy (non-hydrogen) atoms. The van der Waals surface area contributed by atoms with E-state index in [0.717, 1.165) is 38.0 Å². The minimum Gasteiger partial charge on any atom is -0.366 e. The van der Waals surface area contributed by atoms with Crippen molar-refractivity contribution in [1.82, 2.24) is 10.3 Å². The van der Waals surface area contributed by atoms with Crippen LogP contribution >= 0.6 is 0 Å². The summed E-state index contributed by atoms with van der Waals surface area (Å²) in [5.41, 5.74) is 2.77. The average Bonchev–Trinajstić information content (AvgIpc) is 2.64. The van der Waals surface area contributed by atoms with Crippen LogP contribution in [-0.4, -0.2) is 24.0 Å². The summed E-state index contributed by atoms with van der Waals surface area (Å²) in [7, 11) is 0. The lowest BCUT2D eigenvalue weighted by Crippen LogP contribution is -2.26. The van der Waals surface area contributed by atoms with E-state index in [-0.39, 0.29) is 5.91 Å². The third-order valence-corrected chi connectivity index (χ3v) is 4.01. The molecule has 2 rings (SSSR count). The lowest BCUT2D eigenvalue weighted by atomic mass is 10.2. The summed E-state index contributed by atoms with van der Waals surface area (Å²) in [6, 6.07) is 14.1. The molecule has 1 aromatic heterocycles. The molecule has 4 heteroatoms. The Labute approximate surface area is 144 Å². The Hall–Kier alpha value is -2.36. The van der Waals surface area contributed by atoms with Gasteiger partial charge in [-0.2, -0.15) is 0 Å². The van der Waals surface area contributed by atoms with Gasteiger partial charge in [-0.25, -0.2) is 4.98 Å². The fraction of sp³-hybridized carbons (Fsp3) is 0.400. The second-order valence-corrected chi connectivity index (χ2v) is 5.86. The van der Waals surface area contributed by atoms with Crippen molar-refractivity contribution in [1.29, 1.82) is 0 Å². The first-order valence-electron chi connectivity index (χ1n) is 8.77. The van der Waals surface area contributed by atoms with Crippen LogP contribution in [0.3, 0.4) is 0 Å². The molecule has 0 unspecified atom stereocenters. The van der Waals surface area contributed by atoms with Crippen molar-refractivity contribution in [2.45, 2.75) is 39.7 Å². The number of anilines is 1. The standard InChI is InChI=1S/C20H27N3O/c1-3-5-9-14-21-20(24)19-13-12-18(15-22-19)23(4-2)16-17-10-7-6-8-11-17/h6-8,10-13,15H,3-5,9,14,16H2,1-2H3,(H,21,24). The fourth-order valence-electron chi connectivity index (χ4n) is 2.56. The maximum atomic E-state index is 12.1. The van der Waals surface area contributed by atoms with Crippen LogP contribution < -0.4 is 10.2 Å². The van der Waals surface area contributed by atoms with Gasteiger partial charge < -0.3 is 10.2 Å². The van der Waals surface area contributed by atoms with Crippen LogP contribution in [0.4, 0.5) is 5.69 Å². The number of rotatable bonds is 9. The molecule has 1 amide bonds. The van der Waals surface area contributed by atoms with E-state index in [9.17, 15) is 4.79 Å². The highest BCUT2D eigenvalue weighted by atomic mass is 16.1. The van der Waals surface area contributed by atoms with Crippen molar-refractivity contribution in [3.8, 4) is 0 Å². The van der Waals surface area contributed by atoms with Crippen LogP contribution in [0.25, 0.3) is 0 Å². The van der Waals surface area contributed by atoms with Crippen LogP contribution in [0.5, 0.6) is 0 Å². The van der Waals surface area contributed by atoms with Crippen molar-refractivity contribution in [3.63, 3.8) is 0 Å². The Morgan fingerprint density at radius 2 is 1.88 bits per heavy atom. The van der Waals surface area contributed by atoms with Crippen molar-refractivity contribution >= 4 is 11.6 Å². The molecule has 1 N–H and O–H groups in total. The molecular weight excluding hydrogens is 298 g/mol. The summed E-state index contributed by atoms with van der Waals surface area (Å²) in [5, 5.41) is 2.92. The smallest absolute Gasteiger partial charge is 0.269 e. The lowest BCUT2D eigenvalue weighted by Gasteiger charge is -2.23. The minimum atomic E-state index is -0.0937. The molecule has 0 saturated heterocycles. The molecule has 0 aliphatic carbocycles. The number of carbonyl (C=O) groups is 1. The predicted octanol–water partition coefficient (Wildman–Crippen LogP) is 4.03. The zero-order valence-electron chi connectivity index (χ0n) is 14.7. The maximum Gasteiger partial charge on any atom is 0.269 e. The number of benzene rings is 1. The maximum absolute atomic E-state index is 12.1. The van der Waals surface area contributed by atoms with E-state index in [1.165, 1.54) is 5.56 Å². The molecule has 128 valence electrons. The van der Waals surface area contributed by atoms with E-state index in [1.54, 1.807) is 12.3 Å². The first-order chi connectivity index (χ1) is 11.7. The number of hydrogen-bond donors (Lipinski definition) is 1. The number of nitrogens with one attached hydrogen (secondary N) is 1. The molecule has 0 bridgehead atoms. The van der Waals surface area contributed by atoms with Crippen LogP contribution in [0.2, 0.25) is 0 Å². The van der Waals surface area contributed by atoms with Gasteiger partial charge >= 0.3 is 0 Å². The first-order valence-corrected chi connectivity index (χ1v) is 8.77. The quantitative estimate of drug-likeness (QED) is 0.708. The van der Waals surface area contributed by atoms with Gasteiger partial charge in [-0.3, -0.25) is 4.79 Å². The average molecular weight is 325 g/mol. The van der Waals surface area contributed by atoms with Crippen LogP contribution in [0.1, 0.15) is 49.2 Å². The van der Waals surface area contributed by atoms with Gasteiger partial charge in [0, 0.05) is 19.6 Å². The predicted molar refractivity (Wildman–Crippen MR) is 99.3 cm³/mol. The van der Waals surface area contributed by atoms with E-state index in [4.69, 9.17) is 0 Å². The van der Waals surface area contributed by atoms with Gasteiger partial charge in [0.15, 0.2) is 0 Å². The second-order valence-electron chi connectivity index (χ2n) is 5.86. The summed E-state index contributed by atoms with van der Waals surface area (Å²) in [4.78, 5) is 18.6. The van der Waals surface area contributed by atoms with Crippen molar-refractivity contribution < 1.29 is 4.79 Å². The van der Waals surface area contributed by atoms with Gasteiger partial charge in [0.25, 0.3) is 5.91 Å². The van der Waals surface area contributed by atoms with Gasteiger partial charge in [-0.1, -0.05) is 50.1 Å². The van der Waals surface area contributed by atoms with Gasteiger partial charge in [0.1, 0.15) is 5.69 Å². The monoisotopic (exact) mass is 325 g/mol. The second kappa shape index (κ2) is 9.71. The SMILES string of the molecule is CCCCCNC(=O)c1ccc(N(CC)Cc2ccccc2)cn1. The van der Waals surface area contributed by atoms with E-state index in [2.05, 4.69) is 41.2 Å². The van der Waals surface area contributed by atoms with Crippen molar-refractivity contribution in [3.05, 3.63) is 59.9 Å². The molecule has 0 aliphatic rings. The van der Waals surface area contributed by atoms with Crippen LogP contribution in [-0.2, 0) is 6.54 Å². The third kappa shape index (κ3) is 5.37. The lowest BCUT2D eigenvalue weighted by molar-refractivity contribution is 0.0948. The molecule has 0 aliphatic heterocycles. The molecule has 0 atom stereocenters. The molecule has 0 spiro atoms. The summed E-state index contributed by atoms with van der Waals surface area (Å²) >= 11 is 0. The Kier molecular flexibility index (Phi) is 7.27. The molecule has 0 fully saturated rings. The van der Waals surface area contributed by atoms with Gasteiger partial charge in [-0.05, 0) is 31.0 Å². The highest BCUT2D eigenvalue weighted by molar-refractivity contribution is 5.92. The topological polar surface area (TPSA) is 45.2 Å². The Morgan fingerprint density at radius 1 is 1.08 bits per heavy atom. The highest BCUT2D eigenvalue weighted by Crippen LogP contribution is 2.16. The molecule has 0 radical (unpaired) electrons. The van der Waals surface area contributed by atoms with Gasteiger partial charge in [0.2, 0.25) is 0 Å². The number of aromatic nitrogens is 1. The first kappa shape index (κ1) is 18.0. The van der Waals surface area contributed by atoms with Gasteiger partial charge in [-0.15, -0.1) is 0 Å². The van der Waals surface area contributed by atoms with E-state index in [0.29, 0.717) is 12.2 Å². The summed E-state index contributed by atoms with van der Waals surface area (Å²) in [6.45, 7) is 6.71. The minimum absolute atomic E-state index is 0.0937. The molecule has 1 aromatic carbocycles. The van der Waals surface area contributed by atoms with Gasteiger partial charge in [0.05, 0.1) is 11.9 Å². The third-order valence-electron chi connectivity index (χ3n) is 4.01. The summed E-state index contributed by atoms with van der Waals surface area (Å²) in [5.74, 6) is -0.0937. The van der Waals surface area contributed by atoms with Crippen LogP contribution in [0, 0.1) is 0 Å². The molecule has 1 heterocycles. The molecule has 2 aromatic rings. The fourth-order valence-corrected chi connectivity index (χ4v) is 2.56. The van der Waals surface area contributed by atoms with E-state index < -0.39 is 0 Å². The number of unbranched alkanes of at least 4 members (excludes halogenated alkanes) is 2. The highest BCUT2D eigenvalue weighted by Gasteiger charge is 2.09. The number of nitrogens with zero attached hydrogens (tertiary/aromatic N) is 2. The number of carbonyl (C=O) groups excluding carboxylic acids is 1. The van der Waals surface area contributed by atoms with E-state index >= 15 is 0 Å². The summed E-state index contributed by atoms with van der Waals surface area (Å²) in [6.07, 6.45) is 5.09. The number of amides is 1. The van der Waals surface area contributed by atoms with Crippen LogP contribution in [0.15, 0.2) is 48.7 Å². The number of hydrogen-bond acceptors (Lipinski definition) is 3. The largest absolute Gasteiger partial charge is 0.366 e.